The van der Waals surface area contributed by atoms with E-state index in [1.165, 1.54) is 0 Å². The Balaban J connectivity index is 2.22. The van der Waals surface area contributed by atoms with E-state index in [0.29, 0.717) is 5.75 Å². The van der Waals surface area contributed by atoms with E-state index in [9.17, 15) is 4.79 Å². The van der Waals surface area contributed by atoms with Crippen LogP contribution in [0.25, 0.3) is 0 Å². The van der Waals surface area contributed by atoms with Crippen molar-refractivity contribution >= 4 is 17.9 Å². The van der Waals surface area contributed by atoms with Crippen LogP contribution in [-0.4, -0.2) is 23.4 Å². The number of carboxylic acids is 1. The molecule has 0 aliphatic carbocycles. The summed E-state index contributed by atoms with van der Waals surface area (Å²) >= 11 is 0. The zero-order valence-electron chi connectivity index (χ0n) is 8.25. The van der Waals surface area contributed by atoms with E-state index in [2.05, 4.69) is 4.99 Å². The van der Waals surface area contributed by atoms with E-state index in [1.807, 2.05) is 18.2 Å². The van der Waals surface area contributed by atoms with Gasteiger partial charge < -0.3 is 9.84 Å². The number of ether oxygens (including phenoxy) is 1. The predicted octanol–water partition coefficient (Wildman–Crippen LogP) is 1.87. The first-order chi connectivity index (χ1) is 7.18. The molecule has 0 fully saturated rings. The standard InChI is InChI=1S/C11H11NO3/c1-7(11(13)14)10-6-12-8-4-2-3-5-9(8)15-10/h2-7,10H,1H3,(H,13,14). The van der Waals surface area contributed by atoms with Crippen molar-refractivity contribution in [3.8, 4) is 5.75 Å². The van der Waals surface area contributed by atoms with Crippen LogP contribution in [0.2, 0.25) is 0 Å². The third kappa shape index (κ3) is 1.83. The van der Waals surface area contributed by atoms with Crippen LogP contribution in [0.1, 0.15) is 6.92 Å². The number of hydrogen-bond acceptors (Lipinski definition) is 3. The van der Waals surface area contributed by atoms with Crippen LogP contribution in [0.5, 0.6) is 5.75 Å². The molecule has 1 aliphatic heterocycles. The van der Waals surface area contributed by atoms with Crippen LogP contribution in [0, 0.1) is 5.92 Å². The number of aliphatic carboxylic acids is 1. The third-order valence-corrected chi connectivity index (χ3v) is 2.37. The highest BCUT2D eigenvalue weighted by atomic mass is 16.5. The summed E-state index contributed by atoms with van der Waals surface area (Å²) in [5, 5.41) is 8.84. The van der Waals surface area contributed by atoms with E-state index >= 15 is 0 Å². The SMILES string of the molecule is CC(C(=O)O)C1C=Nc2ccccc2O1. The fourth-order valence-electron chi connectivity index (χ4n) is 1.37. The summed E-state index contributed by atoms with van der Waals surface area (Å²) in [7, 11) is 0. The van der Waals surface area contributed by atoms with E-state index in [0.717, 1.165) is 5.69 Å². The second kappa shape index (κ2) is 3.73. The Morgan fingerprint density at radius 2 is 2.27 bits per heavy atom. The van der Waals surface area contributed by atoms with Crippen molar-refractivity contribution in [3.63, 3.8) is 0 Å². The van der Waals surface area contributed by atoms with Crippen molar-refractivity contribution in [2.24, 2.45) is 10.9 Å². The minimum atomic E-state index is -0.883. The van der Waals surface area contributed by atoms with Gasteiger partial charge in [0.1, 0.15) is 17.5 Å². The van der Waals surface area contributed by atoms with Gasteiger partial charge in [0.2, 0.25) is 0 Å². The molecule has 0 spiro atoms. The highest BCUT2D eigenvalue weighted by Crippen LogP contribution is 2.31. The molecule has 0 saturated heterocycles. The van der Waals surface area contributed by atoms with Crippen molar-refractivity contribution in [1.29, 1.82) is 0 Å². The second-order valence-corrected chi connectivity index (χ2v) is 3.46. The Morgan fingerprint density at radius 3 is 3.00 bits per heavy atom. The second-order valence-electron chi connectivity index (χ2n) is 3.46. The van der Waals surface area contributed by atoms with E-state index in [1.54, 1.807) is 19.2 Å². The first-order valence-electron chi connectivity index (χ1n) is 4.71. The smallest absolute Gasteiger partial charge is 0.310 e. The number of carbonyl (C=O) groups is 1. The average Bonchev–Trinajstić information content (AvgIpc) is 2.27. The molecule has 2 atom stereocenters. The Bertz CT molecular complexity index is 414. The lowest BCUT2D eigenvalue weighted by Crippen LogP contribution is -2.33. The van der Waals surface area contributed by atoms with E-state index in [-0.39, 0.29) is 0 Å². The average molecular weight is 205 g/mol. The van der Waals surface area contributed by atoms with Gasteiger partial charge in [0.25, 0.3) is 0 Å². The summed E-state index contributed by atoms with van der Waals surface area (Å²) in [6.45, 7) is 1.60. The molecule has 2 unspecified atom stereocenters. The Morgan fingerprint density at radius 1 is 1.53 bits per heavy atom. The number of rotatable bonds is 2. The maximum atomic E-state index is 10.8. The van der Waals surface area contributed by atoms with E-state index < -0.39 is 18.0 Å². The summed E-state index contributed by atoms with van der Waals surface area (Å²) in [6.07, 6.45) is 1.05. The Kier molecular flexibility index (Phi) is 2.41. The Hall–Kier alpha value is -1.84. The molecular weight excluding hydrogens is 194 g/mol. The summed E-state index contributed by atoms with van der Waals surface area (Å²) in [4.78, 5) is 14.9. The number of hydrogen-bond donors (Lipinski definition) is 1. The lowest BCUT2D eigenvalue weighted by molar-refractivity contribution is -0.142. The minimum Gasteiger partial charge on any atom is -0.482 e. The molecule has 4 heteroatoms. The number of para-hydroxylation sites is 2. The molecule has 0 radical (unpaired) electrons. The van der Waals surface area contributed by atoms with Gasteiger partial charge in [-0.15, -0.1) is 0 Å². The topological polar surface area (TPSA) is 58.9 Å². The van der Waals surface area contributed by atoms with Crippen molar-refractivity contribution < 1.29 is 14.6 Å². The fourth-order valence-corrected chi connectivity index (χ4v) is 1.37. The number of benzene rings is 1. The van der Waals surface area contributed by atoms with Crippen LogP contribution < -0.4 is 4.74 Å². The van der Waals surface area contributed by atoms with Crippen LogP contribution in [0.3, 0.4) is 0 Å². The van der Waals surface area contributed by atoms with Gasteiger partial charge >= 0.3 is 5.97 Å². The monoisotopic (exact) mass is 205 g/mol. The summed E-state index contributed by atoms with van der Waals surface area (Å²) in [6, 6.07) is 7.31. The molecule has 0 bridgehead atoms. The normalized spacial score (nSPS) is 20.2. The molecule has 0 amide bonds. The molecule has 1 N–H and O–H groups in total. The van der Waals surface area contributed by atoms with Gasteiger partial charge in [0.15, 0.2) is 0 Å². The van der Waals surface area contributed by atoms with Crippen molar-refractivity contribution in [2.75, 3.05) is 0 Å². The highest BCUT2D eigenvalue weighted by Gasteiger charge is 2.26. The minimum absolute atomic E-state index is 0.489. The molecule has 1 aromatic rings. The molecule has 1 aromatic carbocycles. The van der Waals surface area contributed by atoms with Gasteiger partial charge in [-0.3, -0.25) is 9.79 Å². The van der Waals surface area contributed by atoms with Gasteiger partial charge in [-0.25, -0.2) is 0 Å². The summed E-state index contributed by atoms with van der Waals surface area (Å²) in [5.74, 6) is -0.842. The van der Waals surface area contributed by atoms with Crippen molar-refractivity contribution in [3.05, 3.63) is 24.3 Å². The van der Waals surface area contributed by atoms with Crippen molar-refractivity contribution in [2.45, 2.75) is 13.0 Å². The summed E-state index contributed by atoms with van der Waals surface area (Å²) in [5.41, 5.74) is 0.742. The van der Waals surface area contributed by atoms with Crippen LogP contribution in [0.4, 0.5) is 5.69 Å². The van der Waals surface area contributed by atoms with Crippen molar-refractivity contribution in [1.82, 2.24) is 0 Å². The number of nitrogens with zero attached hydrogens (tertiary/aromatic N) is 1. The zero-order chi connectivity index (χ0) is 10.8. The molecule has 15 heavy (non-hydrogen) atoms. The number of fused-ring (bicyclic) bond motifs is 1. The predicted molar refractivity (Wildman–Crippen MR) is 55.8 cm³/mol. The van der Waals surface area contributed by atoms with Gasteiger partial charge in [0, 0.05) is 6.21 Å². The van der Waals surface area contributed by atoms with Gasteiger partial charge in [-0.2, -0.15) is 0 Å². The zero-order valence-corrected chi connectivity index (χ0v) is 8.25. The number of aliphatic imine (C=N–C) groups is 1. The molecule has 1 heterocycles. The Labute approximate surface area is 87.2 Å². The number of carboxylic acid groups (broad SMARTS) is 1. The van der Waals surface area contributed by atoms with Gasteiger partial charge in [-0.05, 0) is 19.1 Å². The van der Waals surface area contributed by atoms with Gasteiger partial charge in [0.05, 0.1) is 5.92 Å². The lowest BCUT2D eigenvalue weighted by Gasteiger charge is -2.22. The fraction of sp³-hybridized carbons (Fsp3) is 0.273. The first-order valence-corrected chi connectivity index (χ1v) is 4.71. The lowest BCUT2D eigenvalue weighted by atomic mass is 10.1. The molecule has 78 valence electrons. The molecule has 4 nitrogen and oxygen atoms in total. The molecule has 0 saturated carbocycles. The van der Waals surface area contributed by atoms with Crippen LogP contribution in [-0.2, 0) is 4.79 Å². The van der Waals surface area contributed by atoms with E-state index in [4.69, 9.17) is 9.84 Å². The maximum Gasteiger partial charge on any atom is 0.310 e. The van der Waals surface area contributed by atoms with Gasteiger partial charge in [-0.1, -0.05) is 12.1 Å². The molecule has 1 aliphatic rings. The summed E-state index contributed by atoms with van der Waals surface area (Å²) < 4.78 is 5.52. The highest BCUT2D eigenvalue weighted by molar-refractivity contribution is 5.81. The maximum absolute atomic E-state index is 10.8. The third-order valence-electron chi connectivity index (χ3n) is 2.37. The molecule has 0 aromatic heterocycles. The quantitative estimate of drug-likeness (QED) is 0.801. The van der Waals surface area contributed by atoms with Crippen LogP contribution >= 0.6 is 0 Å². The first kappa shape index (κ1) is 9.71. The largest absolute Gasteiger partial charge is 0.482 e. The molecular formula is C11H11NO3. The molecule has 2 rings (SSSR count). The van der Waals surface area contributed by atoms with Crippen LogP contribution in [0.15, 0.2) is 29.3 Å².